The first-order chi connectivity index (χ1) is 10.9. The second kappa shape index (κ2) is 5.77. The molecule has 2 heterocycles. The van der Waals surface area contributed by atoms with Gasteiger partial charge in [-0.3, -0.25) is 4.79 Å². The second-order valence-corrected chi connectivity index (χ2v) is 7.54. The van der Waals surface area contributed by atoms with Crippen molar-refractivity contribution in [3.05, 3.63) is 41.3 Å². The number of hydrogen-bond donors (Lipinski definition) is 0. The van der Waals surface area contributed by atoms with Gasteiger partial charge in [-0.1, -0.05) is 23.3 Å². The van der Waals surface area contributed by atoms with E-state index in [1.54, 1.807) is 11.0 Å². The third-order valence-corrected chi connectivity index (χ3v) is 4.71. The lowest BCUT2D eigenvalue weighted by atomic mass is 10.1. The van der Waals surface area contributed by atoms with Crippen molar-refractivity contribution in [1.82, 2.24) is 15.1 Å². The Labute approximate surface area is 134 Å². The maximum absolute atomic E-state index is 12.8. The zero-order valence-electron chi connectivity index (χ0n) is 12.9. The maximum Gasteiger partial charge on any atom is 0.335 e. The zero-order valence-corrected chi connectivity index (χ0v) is 13.7. The van der Waals surface area contributed by atoms with Crippen LogP contribution in [0, 0.1) is 6.92 Å². The molecule has 1 aromatic heterocycles. The Morgan fingerprint density at radius 2 is 2.04 bits per heavy atom. The maximum atomic E-state index is 12.8. The van der Waals surface area contributed by atoms with E-state index in [1.807, 2.05) is 25.1 Å². The Balaban J connectivity index is 1.90. The van der Waals surface area contributed by atoms with Crippen molar-refractivity contribution in [3.8, 4) is 0 Å². The molecule has 122 valence electrons. The number of hydrogen-bond acceptors (Lipinski definition) is 6. The van der Waals surface area contributed by atoms with Crippen LogP contribution in [0.2, 0.25) is 0 Å². The summed E-state index contributed by atoms with van der Waals surface area (Å²) in [5, 5.41) is 6.98. The molecule has 0 spiro atoms. The second-order valence-electron chi connectivity index (χ2n) is 5.65. The van der Waals surface area contributed by atoms with E-state index in [0.29, 0.717) is 18.5 Å². The van der Waals surface area contributed by atoms with Gasteiger partial charge in [0.15, 0.2) is 0 Å². The van der Waals surface area contributed by atoms with E-state index in [4.69, 9.17) is 4.42 Å². The highest BCUT2D eigenvalue weighted by atomic mass is 32.2. The molecule has 23 heavy (non-hydrogen) atoms. The molecular formula is C15H17N3O4S. The van der Waals surface area contributed by atoms with E-state index in [0.717, 1.165) is 18.2 Å². The molecule has 1 amide bonds. The summed E-state index contributed by atoms with van der Waals surface area (Å²) in [5.74, 6) is 0.0644. The number of aryl methyl sites for hydroxylation is 1. The summed E-state index contributed by atoms with van der Waals surface area (Å²) in [5.41, 5.74) is 1.52. The molecule has 0 aliphatic carbocycles. The van der Waals surface area contributed by atoms with Crippen molar-refractivity contribution >= 4 is 15.7 Å². The lowest BCUT2D eigenvalue weighted by molar-refractivity contribution is 0.0711. The average molecular weight is 335 g/mol. The van der Waals surface area contributed by atoms with Gasteiger partial charge in [-0.05, 0) is 31.4 Å². The first kappa shape index (κ1) is 15.7. The summed E-state index contributed by atoms with van der Waals surface area (Å²) in [6, 6.07) is 6.98. The summed E-state index contributed by atoms with van der Waals surface area (Å²) in [4.78, 5) is 14.4. The lowest BCUT2D eigenvalue weighted by Gasteiger charge is -2.22. The van der Waals surface area contributed by atoms with E-state index in [1.165, 1.54) is 0 Å². The fraction of sp³-hybridized carbons (Fsp3) is 0.400. The highest BCUT2D eigenvalue weighted by molar-refractivity contribution is 7.90. The molecule has 0 radical (unpaired) electrons. The molecule has 0 bridgehead atoms. The molecule has 7 nitrogen and oxygen atoms in total. The van der Waals surface area contributed by atoms with Gasteiger partial charge in [-0.25, -0.2) is 8.42 Å². The summed E-state index contributed by atoms with van der Waals surface area (Å²) < 4.78 is 28.2. The van der Waals surface area contributed by atoms with Gasteiger partial charge in [0.05, 0.1) is 0 Å². The molecule has 3 rings (SSSR count). The third kappa shape index (κ3) is 2.98. The van der Waals surface area contributed by atoms with Gasteiger partial charge >= 0.3 is 5.22 Å². The zero-order chi connectivity index (χ0) is 16.6. The molecule has 2 aromatic rings. The predicted molar refractivity (Wildman–Crippen MR) is 81.6 cm³/mol. The van der Waals surface area contributed by atoms with Crippen molar-refractivity contribution in [2.24, 2.45) is 0 Å². The molecule has 0 saturated carbocycles. The number of carbonyl (C=O) groups is 1. The number of rotatable bonds is 3. The van der Waals surface area contributed by atoms with Crippen molar-refractivity contribution in [1.29, 1.82) is 0 Å². The quantitative estimate of drug-likeness (QED) is 0.848. The van der Waals surface area contributed by atoms with Crippen molar-refractivity contribution < 1.29 is 17.6 Å². The van der Waals surface area contributed by atoms with E-state index in [9.17, 15) is 13.2 Å². The number of amides is 1. The Bertz CT molecular complexity index is 844. The Kier molecular flexibility index (Phi) is 3.93. The molecule has 8 heteroatoms. The van der Waals surface area contributed by atoms with Crippen LogP contribution >= 0.6 is 0 Å². The van der Waals surface area contributed by atoms with Crippen molar-refractivity contribution in [3.63, 3.8) is 0 Å². The van der Waals surface area contributed by atoms with Gasteiger partial charge in [-0.15, -0.1) is 5.10 Å². The van der Waals surface area contributed by atoms with Gasteiger partial charge in [-0.2, -0.15) is 0 Å². The predicted octanol–water partition coefficient (Wildman–Crippen LogP) is 1.76. The molecule has 1 aromatic carbocycles. The third-order valence-electron chi connectivity index (χ3n) is 3.91. The smallest absolute Gasteiger partial charge is 0.335 e. The summed E-state index contributed by atoms with van der Waals surface area (Å²) in [7, 11) is -3.55. The lowest BCUT2D eigenvalue weighted by Crippen LogP contribution is -2.31. The minimum atomic E-state index is -3.55. The summed E-state index contributed by atoms with van der Waals surface area (Å²) in [6.07, 6.45) is 2.48. The van der Waals surface area contributed by atoms with E-state index >= 15 is 0 Å². The largest absolute Gasteiger partial charge is 0.410 e. The van der Waals surface area contributed by atoms with Crippen LogP contribution < -0.4 is 0 Å². The molecular weight excluding hydrogens is 318 g/mol. The molecule has 1 fully saturated rings. The number of likely N-dealkylation sites (tertiary alicyclic amines) is 1. The highest BCUT2D eigenvalue weighted by Crippen LogP contribution is 2.33. The van der Waals surface area contributed by atoms with Crippen LogP contribution in [0.3, 0.4) is 0 Å². The van der Waals surface area contributed by atoms with Gasteiger partial charge in [0.25, 0.3) is 5.91 Å². The molecule has 1 aliphatic heterocycles. The first-order valence-electron chi connectivity index (χ1n) is 7.28. The number of benzene rings is 1. The average Bonchev–Trinajstić information content (AvgIpc) is 3.15. The molecule has 0 unspecified atom stereocenters. The van der Waals surface area contributed by atoms with Crippen LogP contribution in [0.5, 0.6) is 0 Å². The number of sulfone groups is 1. The monoisotopic (exact) mass is 335 g/mol. The van der Waals surface area contributed by atoms with Crippen LogP contribution in [0.15, 0.2) is 33.9 Å². The number of carbonyl (C=O) groups excluding carboxylic acids is 1. The molecule has 1 atom stereocenters. The first-order valence-corrected chi connectivity index (χ1v) is 9.17. The highest BCUT2D eigenvalue weighted by Gasteiger charge is 2.35. The molecule has 1 aliphatic rings. The van der Waals surface area contributed by atoms with Gasteiger partial charge in [0, 0.05) is 18.4 Å². The Morgan fingerprint density at radius 1 is 1.30 bits per heavy atom. The van der Waals surface area contributed by atoms with Crippen LogP contribution in [0.4, 0.5) is 0 Å². The normalized spacial score (nSPS) is 18.3. The van der Waals surface area contributed by atoms with Crippen molar-refractivity contribution in [2.75, 3.05) is 12.8 Å². The van der Waals surface area contributed by atoms with Crippen LogP contribution in [0.1, 0.15) is 40.7 Å². The minimum Gasteiger partial charge on any atom is -0.410 e. The SMILES string of the molecule is Cc1ccccc1C(=O)N1CCC[C@H]1c1nnc(S(C)(=O)=O)o1. The standard InChI is InChI=1S/C15H17N3O4S/c1-10-6-3-4-7-11(10)14(19)18-9-5-8-12(18)13-16-17-15(22-13)23(2,20)21/h3-4,6-7,12H,5,8-9H2,1-2H3/t12-/m0/s1. The van der Waals surface area contributed by atoms with Crippen molar-refractivity contribution in [2.45, 2.75) is 31.0 Å². The Morgan fingerprint density at radius 3 is 2.70 bits per heavy atom. The van der Waals surface area contributed by atoms with Gasteiger partial charge in [0.2, 0.25) is 15.7 Å². The number of aromatic nitrogens is 2. The van der Waals surface area contributed by atoms with E-state index < -0.39 is 15.1 Å². The topological polar surface area (TPSA) is 93.4 Å². The minimum absolute atomic E-state index is 0.107. The molecule has 1 saturated heterocycles. The summed E-state index contributed by atoms with van der Waals surface area (Å²) >= 11 is 0. The Hall–Kier alpha value is -2.22. The fourth-order valence-electron chi connectivity index (χ4n) is 2.74. The van der Waals surface area contributed by atoms with Crippen LogP contribution in [0.25, 0.3) is 0 Å². The number of nitrogens with zero attached hydrogens (tertiary/aromatic N) is 3. The van der Waals surface area contributed by atoms with Crippen LogP contribution in [-0.2, 0) is 9.84 Å². The van der Waals surface area contributed by atoms with E-state index in [-0.39, 0.29) is 17.8 Å². The van der Waals surface area contributed by atoms with Gasteiger partial charge < -0.3 is 9.32 Å². The van der Waals surface area contributed by atoms with Crippen LogP contribution in [-0.4, -0.2) is 42.2 Å². The fourth-order valence-corrected chi connectivity index (χ4v) is 3.16. The van der Waals surface area contributed by atoms with Gasteiger partial charge in [0.1, 0.15) is 6.04 Å². The summed E-state index contributed by atoms with van der Waals surface area (Å²) in [6.45, 7) is 2.46. The van der Waals surface area contributed by atoms with E-state index in [2.05, 4.69) is 10.2 Å². The molecule has 0 N–H and O–H groups in total.